The lowest BCUT2D eigenvalue weighted by Gasteiger charge is -2.12. The van der Waals surface area contributed by atoms with Crippen LogP contribution >= 0.6 is 0 Å². The number of nitro benzene ring substituents is 1. The van der Waals surface area contributed by atoms with Crippen LogP contribution in [0, 0.1) is 24.0 Å². The average Bonchev–Trinajstić information content (AvgIpc) is 2.42. The Bertz CT molecular complexity index is 654. The zero-order valence-electron chi connectivity index (χ0n) is 11.4. The number of benzene rings is 2. The Labute approximate surface area is 117 Å². The molecule has 2 N–H and O–H groups in total. The Morgan fingerprint density at radius 2 is 1.95 bits per heavy atom. The van der Waals surface area contributed by atoms with Gasteiger partial charge < -0.3 is 10.5 Å². The molecule has 0 radical (unpaired) electrons. The molecule has 0 bridgehead atoms. The Morgan fingerprint density at radius 3 is 2.60 bits per heavy atom. The van der Waals surface area contributed by atoms with Crippen molar-refractivity contribution in [1.29, 1.82) is 0 Å². The van der Waals surface area contributed by atoms with Gasteiger partial charge in [0.2, 0.25) is 0 Å². The molecule has 0 aliphatic heterocycles. The third kappa shape index (κ3) is 2.78. The van der Waals surface area contributed by atoms with Crippen molar-refractivity contribution < 1.29 is 9.66 Å². The first-order chi connectivity index (χ1) is 9.52. The number of ether oxygens (including phenoxy) is 1. The van der Waals surface area contributed by atoms with Crippen molar-refractivity contribution in [2.75, 3.05) is 0 Å². The van der Waals surface area contributed by atoms with E-state index in [1.54, 1.807) is 19.1 Å². The summed E-state index contributed by atoms with van der Waals surface area (Å²) in [6.07, 6.45) is 0. The van der Waals surface area contributed by atoms with Crippen molar-refractivity contribution in [3.63, 3.8) is 0 Å². The van der Waals surface area contributed by atoms with Gasteiger partial charge in [-0.1, -0.05) is 23.8 Å². The molecule has 0 aromatic heterocycles. The van der Waals surface area contributed by atoms with Crippen molar-refractivity contribution in [3.05, 3.63) is 63.2 Å². The quantitative estimate of drug-likeness (QED) is 0.682. The van der Waals surface area contributed by atoms with Gasteiger partial charge in [0.25, 0.3) is 5.69 Å². The minimum absolute atomic E-state index is 0.0453. The molecule has 2 aromatic rings. The molecule has 2 rings (SSSR count). The topological polar surface area (TPSA) is 78.4 Å². The summed E-state index contributed by atoms with van der Waals surface area (Å²) < 4.78 is 5.79. The highest BCUT2D eigenvalue weighted by Crippen LogP contribution is 2.32. The fourth-order valence-electron chi connectivity index (χ4n) is 2.00. The maximum Gasteiger partial charge on any atom is 0.276 e. The van der Waals surface area contributed by atoms with Crippen LogP contribution in [0.3, 0.4) is 0 Å². The van der Waals surface area contributed by atoms with Gasteiger partial charge in [-0.05, 0) is 26.0 Å². The van der Waals surface area contributed by atoms with E-state index in [4.69, 9.17) is 10.5 Å². The second kappa shape index (κ2) is 5.71. The van der Waals surface area contributed by atoms with E-state index in [0.29, 0.717) is 23.6 Å². The minimum atomic E-state index is -0.415. The maximum atomic E-state index is 10.9. The van der Waals surface area contributed by atoms with Gasteiger partial charge in [0, 0.05) is 18.2 Å². The van der Waals surface area contributed by atoms with Crippen LogP contribution in [0.15, 0.2) is 36.4 Å². The second-order valence-corrected chi connectivity index (χ2v) is 4.57. The molecule has 2 aromatic carbocycles. The number of hydrogen-bond acceptors (Lipinski definition) is 4. The number of rotatable bonds is 4. The van der Waals surface area contributed by atoms with Crippen molar-refractivity contribution in [1.82, 2.24) is 0 Å². The Hall–Kier alpha value is -2.40. The second-order valence-electron chi connectivity index (χ2n) is 4.57. The van der Waals surface area contributed by atoms with E-state index in [1.807, 2.05) is 25.1 Å². The van der Waals surface area contributed by atoms with Gasteiger partial charge in [-0.25, -0.2) is 0 Å². The number of aryl methyl sites for hydroxylation is 1. The zero-order chi connectivity index (χ0) is 14.7. The largest absolute Gasteiger partial charge is 0.456 e. The summed E-state index contributed by atoms with van der Waals surface area (Å²) in [4.78, 5) is 10.5. The van der Waals surface area contributed by atoms with Gasteiger partial charge in [0.1, 0.15) is 11.5 Å². The van der Waals surface area contributed by atoms with Crippen LogP contribution in [0.5, 0.6) is 11.5 Å². The highest BCUT2D eigenvalue weighted by molar-refractivity contribution is 5.50. The van der Waals surface area contributed by atoms with Gasteiger partial charge >= 0.3 is 0 Å². The first kappa shape index (κ1) is 14.0. The van der Waals surface area contributed by atoms with Gasteiger partial charge in [-0.15, -0.1) is 0 Å². The molecule has 0 amide bonds. The van der Waals surface area contributed by atoms with Crippen LogP contribution in [0.2, 0.25) is 0 Å². The van der Waals surface area contributed by atoms with E-state index < -0.39 is 4.92 Å². The predicted molar refractivity (Wildman–Crippen MR) is 77.0 cm³/mol. The van der Waals surface area contributed by atoms with Crippen LogP contribution in [0.4, 0.5) is 5.69 Å². The van der Waals surface area contributed by atoms with Gasteiger partial charge in [-0.3, -0.25) is 10.1 Å². The van der Waals surface area contributed by atoms with Crippen molar-refractivity contribution in [2.45, 2.75) is 20.4 Å². The van der Waals surface area contributed by atoms with E-state index in [0.717, 1.165) is 11.1 Å². The molecule has 20 heavy (non-hydrogen) atoms. The minimum Gasteiger partial charge on any atom is -0.456 e. The smallest absolute Gasteiger partial charge is 0.276 e. The van der Waals surface area contributed by atoms with Crippen molar-refractivity contribution in [2.24, 2.45) is 5.73 Å². The van der Waals surface area contributed by atoms with E-state index in [2.05, 4.69) is 0 Å². The van der Waals surface area contributed by atoms with Crippen LogP contribution in [0.1, 0.15) is 16.7 Å². The normalized spacial score (nSPS) is 10.3. The van der Waals surface area contributed by atoms with E-state index >= 15 is 0 Å². The molecule has 0 aliphatic rings. The monoisotopic (exact) mass is 272 g/mol. The van der Waals surface area contributed by atoms with Crippen LogP contribution in [-0.4, -0.2) is 4.92 Å². The number of nitrogens with zero attached hydrogens (tertiary/aromatic N) is 1. The van der Waals surface area contributed by atoms with Crippen LogP contribution < -0.4 is 10.5 Å². The Morgan fingerprint density at radius 1 is 1.20 bits per heavy atom. The summed E-state index contributed by atoms with van der Waals surface area (Å²) in [5.74, 6) is 1.10. The maximum absolute atomic E-state index is 10.9. The summed E-state index contributed by atoms with van der Waals surface area (Å²) >= 11 is 0. The SMILES string of the molecule is Cc1ccc(Oc2cccc([N+](=O)[O-])c2C)c(CN)c1. The summed E-state index contributed by atoms with van der Waals surface area (Å²) in [5.41, 5.74) is 8.21. The molecule has 0 unspecified atom stereocenters. The molecular formula is C15H16N2O3. The van der Waals surface area contributed by atoms with E-state index in [1.165, 1.54) is 6.07 Å². The standard InChI is InChI=1S/C15H16N2O3/c1-10-6-7-15(12(8-10)9-16)20-14-5-3-4-13(11(14)2)17(18)19/h3-8H,9,16H2,1-2H3. The number of nitro groups is 1. The Kier molecular flexibility index (Phi) is 4.00. The molecule has 0 saturated carbocycles. The van der Waals surface area contributed by atoms with Gasteiger partial charge in [0.15, 0.2) is 0 Å². The number of hydrogen-bond donors (Lipinski definition) is 1. The third-order valence-electron chi connectivity index (χ3n) is 3.11. The summed E-state index contributed by atoms with van der Waals surface area (Å²) in [5, 5.41) is 10.9. The van der Waals surface area contributed by atoms with Gasteiger partial charge in [0.05, 0.1) is 10.5 Å². The van der Waals surface area contributed by atoms with E-state index in [9.17, 15) is 10.1 Å². The summed E-state index contributed by atoms with van der Waals surface area (Å²) in [6.45, 7) is 4.00. The molecular weight excluding hydrogens is 256 g/mol. The third-order valence-corrected chi connectivity index (χ3v) is 3.11. The molecule has 0 aliphatic carbocycles. The van der Waals surface area contributed by atoms with Crippen molar-refractivity contribution in [3.8, 4) is 11.5 Å². The lowest BCUT2D eigenvalue weighted by Crippen LogP contribution is -2.01. The van der Waals surface area contributed by atoms with Crippen molar-refractivity contribution >= 4 is 5.69 Å². The van der Waals surface area contributed by atoms with Crippen LogP contribution in [0.25, 0.3) is 0 Å². The molecule has 104 valence electrons. The molecule has 5 nitrogen and oxygen atoms in total. The molecule has 0 saturated heterocycles. The summed E-state index contributed by atoms with van der Waals surface area (Å²) in [6, 6.07) is 10.5. The molecule has 0 atom stereocenters. The summed E-state index contributed by atoms with van der Waals surface area (Å²) in [7, 11) is 0. The average molecular weight is 272 g/mol. The lowest BCUT2D eigenvalue weighted by molar-refractivity contribution is -0.385. The molecule has 5 heteroatoms. The highest BCUT2D eigenvalue weighted by Gasteiger charge is 2.15. The van der Waals surface area contributed by atoms with Crippen LogP contribution in [-0.2, 0) is 6.54 Å². The predicted octanol–water partition coefficient (Wildman–Crippen LogP) is 3.46. The Balaban J connectivity index is 2.40. The first-order valence-corrected chi connectivity index (χ1v) is 6.24. The fraction of sp³-hybridized carbons (Fsp3) is 0.200. The first-order valence-electron chi connectivity index (χ1n) is 6.24. The highest BCUT2D eigenvalue weighted by atomic mass is 16.6. The zero-order valence-corrected chi connectivity index (χ0v) is 11.4. The van der Waals surface area contributed by atoms with Gasteiger partial charge in [-0.2, -0.15) is 0 Å². The molecule has 0 fully saturated rings. The molecule has 0 spiro atoms. The van der Waals surface area contributed by atoms with E-state index in [-0.39, 0.29) is 5.69 Å². The number of nitrogens with two attached hydrogens (primary N) is 1. The lowest BCUT2D eigenvalue weighted by atomic mass is 10.1. The molecule has 0 heterocycles. The fourth-order valence-corrected chi connectivity index (χ4v) is 2.00.